The molecular weight excluding hydrogens is 416 g/mol. The van der Waals surface area contributed by atoms with E-state index in [1.807, 2.05) is 12.1 Å². The van der Waals surface area contributed by atoms with Gasteiger partial charge in [-0.1, -0.05) is 84.4 Å². The molecule has 3 nitrogen and oxygen atoms in total. The molecule has 0 aromatic heterocycles. The number of nitrogens with zero attached hydrogens (tertiary/aromatic N) is 1. The maximum Gasteiger partial charge on any atom is 0.252 e. The van der Waals surface area contributed by atoms with Gasteiger partial charge in [-0.3, -0.25) is 4.79 Å². The fraction of sp³-hybridized carbons (Fsp3) is 0.321. The molecule has 1 saturated heterocycles. The molecular formula is C28H31ClN2O. The lowest BCUT2D eigenvalue weighted by Crippen LogP contribution is -2.51. The van der Waals surface area contributed by atoms with Crippen molar-refractivity contribution in [1.29, 1.82) is 0 Å². The maximum atomic E-state index is 12.9. The van der Waals surface area contributed by atoms with Gasteiger partial charge in [0.05, 0.1) is 10.6 Å². The Bertz CT molecular complexity index is 1010. The van der Waals surface area contributed by atoms with Crippen LogP contribution in [0.1, 0.15) is 41.3 Å². The van der Waals surface area contributed by atoms with Crippen molar-refractivity contribution in [2.75, 3.05) is 19.6 Å². The van der Waals surface area contributed by atoms with Crippen LogP contribution < -0.4 is 5.32 Å². The highest BCUT2D eigenvalue weighted by atomic mass is 35.5. The molecule has 4 rings (SSSR count). The summed E-state index contributed by atoms with van der Waals surface area (Å²) in [7, 11) is 0. The second-order valence-corrected chi connectivity index (χ2v) is 9.29. The van der Waals surface area contributed by atoms with Crippen molar-refractivity contribution in [3.8, 4) is 0 Å². The SMILES string of the molecule is CC(Cc1ccccc1)N1CCC(CNC(=O)c2ccccc2Cl)(c2ccccc2)CC1. The number of benzene rings is 3. The first-order valence-electron chi connectivity index (χ1n) is 11.4. The molecule has 0 spiro atoms. The van der Waals surface area contributed by atoms with Gasteiger partial charge in [0.25, 0.3) is 5.91 Å². The summed E-state index contributed by atoms with van der Waals surface area (Å²) >= 11 is 6.25. The first-order chi connectivity index (χ1) is 15.6. The third-order valence-electron chi connectivity index (χ3n) is 6.84. The molecule has 1 N–H and O–H groups in total. The van der Waals surface area contributed by atoms with E-state index >= 15 is 0 Å². The topological polar surface area (TPSA) is 32.3 Å². The number of hydrogen-bond acceptors (Lipinski definition) is 2. The van der Waals surface area contributed by atoms with Gasteiger partial charge in [-0.05, 0) is 62.5 Å². The average molecular weight is 447 g/mol. The molecule has 0 bridgehead atoms. The third kappa shape index (κ3) is 5.23. The Morgan fingerprint density at radius 3 is 2.19 bits per heavy atom. The molecule has 1 unspecified atom stereocenters. The van der Waals surface area contributed by atoms with Crippen molar-refractivity contribution >= 4 is 17.5 Å². The van der Waals surface area contributed by atoms with Gasteiger partial charge in [0.2, 0.25) is 0 Å². The molecule has 3 aromatic rings. The lowest BCUT2D eigenvalue weighted by atomic mass is 9.72. The Labute approximate surface area is 196 Å². The second-order valence-electron chi connectivity index (χ2n) is 8.88. The summed E-state index contributed by atoms with van der Waals surface area (Å²) in [6.07, 6.45) is 3.08. The van der Waals surface area contributed by atoms with E-state index in [2.05, 4.69) is 77.8 Å². The van der Waals surface area contributed by atoms with Gasteiger partial charge in [0, 0.05) is 18.0 Å². The molecule has 0 saturated carbocycles. The number of piperidine rings is 1. The van der Waals surface area contributed by atoms with Crippen molar-refractivity contribution in [2.45, 2.75) is 37.6 Å². The summed E-state index contributed by atoms with van der Waals surface area (Å²) in [4.78, 5) is 15.4. The summed E-state index contributed by atoms with van der Waals surface area (Å²) in [5.41, 5.74) is 3.15. The van der Waals surface area contributed by atoms with Crippen molar-refractivity contribution in [1.82, 2.24) is 10.2 Å². The van der Waals surface area contributed by atoms with E-state index in [4.69, 9.17) is 11.6 Å². The standard InChI is InChI=1S/C28H31ClN2O/c1-22(20-23-10-4-2-5-11-23)31-18-16-28(17-19-31,24-12-6-3-7-13-24)21-30-27(32)25-14-8-9-15-26(25)29/h2-15,22H,16-21H2,1H3,(H,30,32). The van der Waals surface area contributed by atoms with Crippen molar-refractivity contribution in [3.63, 3.8) is 0 Å². The van der Waals surface area contributed by atoms with Gasteiger partial charge in [0.1, 0.15) is 0 Å². The van der Waals surface area contributed by atoms with E-state index in [1.54, 1.807) is 12.1 Å². The van der Waals surface area contributed by atoms with Crippen LogP contribution in [0.2, 0.25) is 5.02 Å². The van der Waals surface area contributed by atoms with Crippen LogP contribution in [0.5, 0.6) is 0 Å². The molecule has 0 radical (unpaired) electrons. The summed E-state index contributed by atoms with van der Waals surface area (Å²) in [6.45, 7) is 4.97. The number of nitrogens with one attached hydrogen (secondary N) is 1. The van der Waals surface area contributed by atoms with E-state index < -0.39 is 0 Å². The normalized spacial score (nSPS) is 16.9. The van der Waals surface area contributed by atoms with Gasteiger partial charge in [-0.25, -0.2) is 0 Å². The maximum absolute atomic E-state index is 12.9. The number of carbonyl (C=O) groups is 1. The highest BCUT2D eigenvalue weighted by molar-refractivity contribution is 6.33. The lowest BCUT2D eigenvalue weighted by Gasteiger charge is -2.44. The monoisotopic (exact) mass is 446 g/mol. The third-order valence-corrected chi connectivity index (χ3v) is 7.17. The van der Waals surface area contributed by atoms with Crippen LogP contribution >= 0.6 is 11.6 Å². The van der Waals surface area contributed by atoms with E-state index in [9.17, 15) is 4.79 Å². The second kappa shape index (κ2) is 10.3. The molecule has 1 atom stereocenters. The van der Waals surface area contributed by atoms with E-state index in [1.165, 1.54) is 11.1 Å². The summed E-state index contributed by atoms with van der Waals surface area (Å²) in [5.74, 6) is -0.106. The Morgan fingerprint density at radius 1 is 0.938 bits per heavy atom. The Kier molecular flexibility index (Phi) is 7.29. The molecule has 32 heavy (non-hydrogen) atoms. The van der Waals surface area contributed by atoms with Crippen LogP contribution in [-0.4, -0.2) is 36.5 Å². The summed E-state index contributed by atoms with van der Waals surface area (Å²) in [5, 5.41) is 3.68. The van der Waals surface area contributed by atoms with Gasteiger partial charge < -0.3 is 10.2 Å². The number of carbonyl (C=O) groups excluding carboxylic acids is 1. The minimum atomic E-state index is -0.106. The van der Waals surface area contributed by atoms with Crippen LogP contribution in [-0.2, 0) is 11.8 Å². The highest BCUT2D eigenvalue weighted by Crippen LogP contribution is 2.36. The van der Waals surface area contributed by atoms with E-state index in [0.29, 0.717) is 23.2 Å². The number of amides is 1. The van der Waals surface area contributed by atoms with Crippen LogP contribution in [0.25, 0.3) is 0 Å². The molecule has 1 aliphatic heterocycles. The molecule has 1 amide bonds. The largest absolute Gasteiger partial charge is 0.351 e. The number of halogens is 1. The molecule has 0 aliphatic carbocycles. The van der Waals surface area contributed by atoms with E-state index in [0.717, 1.165) is 32.4 Å². The zero-order valence-electron chi connectivity index (χ0n) is 18.6. The average Bonchev–Trinajstić information content (AvgIpc) is 2.84. The van der Waals surface area contributed by atoms with Crippen LogP contribution in [0.15, 0.2) is 84.9 Å². The Balaban J connectivity index is 1.45. The molecule has 4 heteroatoms. The lowest BCUT2D eigenvalue weighted by molar-refractivity contribution is 0.0899. The minimum Gasteiger partial charge on any atom is -0.351 e. The first kappa shape index (κ1) is 22.6. The van der Waals surface area contributed by atoms with Crippen LogP contribution in [0, 0.1) is 0 Å². The summed E-state index contributed by atoms with van der Waals surface area (Å²) in [6, 6.07) is 29.1. The van der Waals surface area contributed by atoms with E-state index in [-0.39, 0.29) is 11.3 Å². The van der Waals surface area contributed by atoms with Gasteiger partial charge >= 0.3 is 0 Å². The van der Waals surface area contributed by atoms with Crippen molar-refractivity contribution < 1.29 is 4.79 Å². The number of rotatable bonds is 7. The molecule has 3 aromatic carbocycles. The van der Waals surface area contributed by atoms with Crippen molar-refractivity contribution in [3.05, 3.63) is 107 Å². The fourth-order valence-corrected chi connectivity index (χ4v) is 5.05. The van der Waals surface area contributed by atoms with Crippen LogP contribution in [0.4, 0.5) is 0 Å². The van der Waals surface area contributed by atoms with Gasteiger partial charge in [0.15, 0.2) is 0 Å². The minimum absolute atomic E-state index is 0.0683. The Hall–Kier alpha value is -2.62. The molecule has 166 valence electrons. The zero-order valence-corrected chi connectivity index (χ0v) is 19.4. The van der Waals surface area contributed by atoms with Crippen molar-refractivity contribution in [2.24, 2.45) is 0 Å². The quantitative estimate of drug-likeness (QED) is 0.502. The van der Waals surface area contributed by atoms with Gasteiger partial charge in [-0.2, -0.15) is 0 Å². The first-order valence-corrected chi connectivity index (χ1v) is 11.8. The Morgan fingerprint density at radius 2 is 1.53 bits per heavy atom. The number of likely N-dealkylation sites (tertiary alicyclic amines) is 1. The van der Waals surface area contributed by atoms with Crippen LogP contribution in [0.3, 0.4) is 0 Å². The molecule has 1 heterocycles. The predicted octanol–water partition coefficient (Wildman–Crippen LogP) is 5.73. The van der Waals surface area contributed by atoms with Gasteiger partial charge in [-0.15, -0.1) is 0 Å². The highest BCUT2D eigenvalue weighted by Gasteiger charge is 2.37. The summed E-state index contributed by atoms with van der Waals surface area (Å²) < 4.78 is 0. The number of hydrogen-bond donors (Lipinski definition) is 1. The molecule has 1 aliphatic rings. The fourth-order valence-electron chi connectivity index (χ4n) is 4.83. The molecule has 1 fully saturated rings. The smallest absolute Gasteiger partial charge is 0.252 e. The predicted molar refractivity (Wildman–Crippen MR) is 132 cm³/mol. The zero-order chi connectivity index (χ0) is 22.4.